The number of fused-ring (bicyclic) bond motifs is 1. The van der Waals surface area contributed by atoms with Gasteiger partial charge in [0, 0.05) is 49.5 Å². The smallest absolute Gasteiger partial charge is 0.338 e. The van der Waals surface area contributed by atoms with Gasteiger partial charge in [-0.1, -0.05) is 87.0 Å². The van der Waals surface area contributed by atoms with E-state index in [1.807, 2.05) is 32.8 Å². The number of ether oxygens (including phenoxy) is 3. The number of aliphatic hydroxyl groups excluding tert-OH is 1. The number of benzene rings is 4. The topological polar surface area (TPSA) is 178 Å². The van der Waals surface area contributed by atoms with Crippen LogP contribution in [0.5, 0.6) is 0 Å². The van der Waals surface area contributed by atoms with Crippen LogP contribution in [0.4, 0.5) is 20.6 Å². The van der Waals surface area contributed by atoms with E-state index in [1.165, 1.54) is 31.2 Å². The molecule has 13 nitrogen and oxygen atoms in total. The molecule has 3 N–H and O–H groups in total. The molecule has 2 heterocycles. The maximum atomic E-state index is 16.5. The Morgan fingerprint density at radius 3 is 2.11 bits per heavy atom. The summed E-state index contributed by atoms with van der Waals surface area (Å²) in [7, 11) is -0.168. The Bertz CT molecular complexity index is 2370. The van der Waals surface area contributed by atoms with E-state index in [2.05, 4.69) is 10.6 Å². The lowest BCUT2D eigenvalue weighted by atomic mass is 9.69. The van der Waals surface area contributed by atoms with Gasteiger partial charge in [0.1, 0.15) is 6.10 Å². The zero-order valence-electron chi connectivity index (χ0n) is 35.9. The number of amides is 2. The minimum Gasteiger partial charge on any atom is -0.451 e. The van der Waals surface area contributed by atoms with Gasteiger partial charge in [-0.3, -0.25) is 4.79 Å². The van der Waals surface area contributed by atoms with E-state index in [0.717, 1.165) is 23.9 Å². The van der Waals surface area contributed by atoms with Crippen LogP contribution in [0, 0.1) is 5.41 Å². The van der Waals surface area contributed by atoms with Crippen LogP contribution >= 0.6 is 11.8 Å². The first-order valence-corrected chi connectivity index (χ1v) is 23.6. The molecule has 0 aliphatic carbocycles. The molecule has 0 unspecified atom stereocenters. The SMILES string of the molecule is CCCC[C@]1(CC)CS(=O)(=O)c2ccc(N(C)C)cc2[C@@H](c2cccc(NC(=O)N[C@@H]3O[C@H](CSC(C)=O)[C@@H](F)[C@H](OC(=O)c4ccccc4)[C@H]3OC(=O)c3ccccc3)c2)[C@H]1O. The summed E-state index contributed by atoms with van der Waals surface area (Å²) >= 11 is 0.773. The third kappa shape index (κ3) is 10.9. The number of nitrogens with zero attached hydrogens (tertiary/aromatic N) is 1. The summed E-state index contributed by atoms with van der Waals surface area (Å²) in [6.07, 6.45) is -7.34. The number of rotatable bonds is 14. The van der Waals surface area contributed by atoms with Crippen LogP contribution in [0.25, 0.3) is 0 Å². The molecule has 2 aliphatic rings. The number of nitrogens with one attached hydrogen (secondary N) is 2. The van der Waals surface area contributed by atoms with Crippen LogP contribution in [0.3, 0.4) is 0 Å². The molecule has 63 heavy (non-hydrogen) atoms. The lowest BCUT2D eigenvalue weighted by Gasteiger charge is -2.42. The Hall–Kier alpha value is -5.29. The average molecular weight is 904 g/mol. The van der Waals surface area contributed by atoms with Crippen molar-refractivity contribution in [2.24, 2.45) is 5.41 Å². The molecule has 1 saturated heterocycles. The number of sulfone groups is 1. The average Bonchev–Trinajstić information content (AvgIpc) is 3.34. The Kier molecular flexibility index (Phi) is 15.3. The van der Waals surface area contributed by atoms with E-state index in [4.69, 9.17) is 14.2 Å². The highest BCUT2D eigenvalue weighted by Gasteiger charge is 2.52. The normalized spacial score (nSPS) is 25.1. The van der Waals surface area contributed by atoms with Crippen molar-refractivity contribution >= 4 is 56.1 Å². The molecule has 0 saturated carbocycles. The summed E-state index contributed by atoms with van der Waals surface area (Å²) in [6.45, 7) is 5.22. The number of esters is 2. The Morgan fingerprint density at radius 1 is 0.889 bits per heavy atom. The molecule has 1 fully saturated rings. The third-order valence-corrected chi connectivity index (χ3v) is 14.6. The zero-order valence-corrected chi connectivity index (χ0v) is 37.5. The van der Waals surface area contributed by atoms with Gasteiger partial charge in [0.2, 0.25) is 0 Å². The Balaban J connectivity index is 1.35. The molecule has 0 bridgehead atoms. The first kappa shape index (κ1) is 47.2. The third-order valence-electron chi connectivity index (χ3n) is 11.7. The molecule has 6 rings (SSSR count). The summed E-state index contributed by atoms with van der Waals surface area (Å²) in [5, 5.41) is 17.5. The van der Waals surface area contributed by atoms with Crippen LogP contribution in [-0.4, -0.2) is 99.0 Å². The number of carbonyl (C=O) groups is 4. The van der Waals surface area contributed by atoms with Crippen LogP contribution in [-0.2, 0) is 28.8 Å². The van der Waals surface area contributed by atoms with Crippen molar-refractivity contribution in [2.45, 2.75) is 94.1 Å². The standard InChI is InChI=1S/C47H54FN3O10S2/c1-6-8-24-47(7-2)28-63(57,58)37-23-22-34(51(4)5)26-35(37)38(42(47)53)32-20-15-21-33(25-32)49-46(56)50-43-41(61-45(55)31-18-13-10-14-19-31)40(39(48)36(59-43)27-62-29(3)52)60-44(54)30-16-11-9-12-17-30/h9-23,25-26,36,38-43,53H,6-8,24,27-28H2,1-5H3,(H2,49,50,56)/t36-,38-,39-,40+,41-,42-,43-,47-/m1/s1. The molecule has 8 atom stereocenters. The molecular formula is C47H54FN3O10S2. The molecule has 0 aromatic heterocycles. The van der Waals surface area contributed by atoms with E-state index in [-0.39, 0.29) is 38.3 Å². The van der Waals surface area contributed by atoms with Gasteiger partial charge in [-0.05, 0) is 78.6 Å². The van der Waals surface area contributed by atoms with Crippen LogP contribution in [0.2, 0.25) is 0 Å². The number of halogens is 1. The van der Waals surface area contributed by atoms with Crippen LogP contribution < -0.4 is 15.5 Å². The maximum absolute atomic E-state index is 16.5. The van der Waals surface area contributed by atoms with Gasteiger partial charge in [0.25, 0.3) is 0 Å². The first-order chi connectivity index (χ1) is 30.1. The van der Waals surface area contributed by atoms with Crippen LogP contribution in [0.1, 0.15) is 84.2 Å². The van der Waals surface area contributed by atoms with Gasteiger partial charge < -0.3 is 34.9 Å². The monoisotopic (exact) mass is 903 g/mol. The molecule has 2 aliphatic heterocycles. The van der Waals surface area contributed by atoms with Gasteiger partial charge in [-0.15, -0.1) is 0 Å². The van der Waals surface area contributed by atoms with E-state index in [9.17, 15) is 32.7 Å². The van der Waals surface area contributed by atoms with E-state index in [1.54, 1.807) is 78.9 Å². The first-order valence-electron chi connectivity index (χ1n) is 20.9. The zero-order chi connectivity index (χ0) is 45.5. The number of alkyl halides is 1. The molecule has 0 spiro atoms. The van der Waals surface area contributed by atoms with Crippen molar-refractivity contribution in [2.75, 3.05) is 35.8 Å². The summed E-state index contributed by atoms with van der Waals surface area (Å²) in [5.41, 5.74) is 1.19. The predicted molar refractivity (Wildman–Crippen MR) is 240 cm³/mol. The number of thioether (sulfide) groups is 1. The van der Waals surface area contributed by atoms with E-state index < -0.39 is 76.0 Å². The summed E-state index contributed by atoms with van der Waals surface area (Å²) < 4.78 is 62.5. The molecular weight excluding hydrogens is 850 g/mol. The molecule has 16 heteroatoms. The second kappa shape index (κ2) is 20.5. The van der Waals surface area contributed by atoms with E-state index in [0.29, 0.717) is 30.4 Å². The fourth-order valence-electron chi connectivity index (χ4n) is 8.26. The Morgan fingerprint density at radius 2 is 1.52 bits per heavy atom. The fraction of sp³-hybridized carbons (Fsp3) is 0.404. The largest absolute Gasteiger partial charge is 0.451 e. The van der Waals surface area contributed by atoms with Crippen molar-refractivity contribution in [3.05, 3.63) is 125 Å². The predicted octanol–water partition coefficient (Wildman–Crippen LogP) is 7.53. The van der Waals surface area contributed by atoms with Crippen molar-refractivity contribution in [1.29, 1.82) is 0 Å². The van der Waals surface area contributed by atoms with Crippen molar-refractivity contribution in [3.8, 4) is 0 Å². The highest BCUT2D eigenvalue weighted by atomic mass is 32.2. The minimum atomic E-state index is -3.85. The lowest BCUT2D eigenvalue weighted by Crippen LogP contribution is -2.64. The molecule has 0 radical (unpaired) electrons. The van der Waals surface area contributed by atoms with Gasteiger partial charge in [-0.25, -0.2) is 27.2 Å². The van der Waals surface area contributed by atoms with Crippen molar-refractivity contribution in [1.82, 2.24) is 5.32 Å². The number of anilines is 2. The number of hydrogen-bond donors (Lipinski definition) is 3. The van der Waals surface area contributed by atoms with Gasteiger partial charge in [-0.2, -0.15) is 0 Å². The van der Waals surface area contributed by atoms with E-state index >= 15 is 4.39 Å². The number of carbonyl (C=O) groups excluding carboxylic acids is 4. The molecule has 4 aromatic carbocycles. The highest BCUT2D eigenvalue weighted by molar-refractivity contribution is 8.13. The van der Waals surface area contributed by atoms with Crippen molar-refractivity contribution in [3.63, 3.8) is 0 Å². The van der Waals surface area contributed by atoms with Gasteiger partial charge in [0.15, 0.2) is 39.6 Å². The Labute approximate surface area is 372 Å². The maximum Gasteiger partial charge on any atom is 0.338 e. The molecule has 4 aromatic rings. The summed E-state index contributed by atoms with van der Waals surface area (Å²) in [6, 6.07) is 26.6. The fourth-order valence-corrected chi connectivity index (χ4v) is 11.2. The molecule has 2 amide bonds. The second-order valence-corrected chi connectivity index (χ2v) is 19.3. The second-order valence-electron chi connectivity index (χ2n) is 16.2. The van der Waals surface area contributed by atoms with Gasteiger partial charge >= 0.3 is 18.0 Å². The minimum absolute atomic E-state index is 0.0969. The highest BCUT2D eigenvalue weighted by Crippen LogP contribution is 2.49. The van der Waals surface area contributed by atoms with Crippen LogP contribution in [0.15, 0.2) is 108 Å². The lowest BCUT2D eigenvalue weighted by molar-refractivity contribution is -0.203. The number of hydrogen-bond acceptors (Lipinski definition) is 12. The molecule has 336 valence electrons. The number of aliphatic hydroxyl groups is 1. The summed E-state index contributed by atoms with van der Waals surface area (Å²) in [5.74, 6) is -3.09. The van der Waals surface area contributed by atoms with Crippen molar-refractivity contribution < 1.29 is 51.3 Å². The van der Waals surface area contributed by atoms with Gasteiger partial charge in [0.05, 0.1) is 27.9 Å². The number of urea groups is 1. The summed E-state index contributed by atoms with van der Waals surface area (Å²) in [4.78, 5) is 54.9. The quantitative estimate of drug-likeness (QED) is 0.106. The number of unbranched alkanes of at least 4 members (excludes halogenated alkanes) is 1.